The van der Waals surface area contributed by atoms with Crippen molar-refractivity contribution in [2.45, 2.75) is 69.7 Å². The SMILES string of the molecule is CCC(CC)C(CNC(=O)c1ccccc1SCC(=O)NCC1CCCCC1)N1CCOCC1. The molecule has 1 aliphatic heterocycles. The molecule has 6 nitrogen and oxygen atoms in total. The lowest BCUT2D eigenvalue weighted by Gasteiger charge is -2.38. The van der Waals surface area contributed by atoms with E-state index in [2.05, 4.69) is 29.4 Å². The Hall–Kier alpha value is -1.57. The number of rotatable bonds is 12. The molecule has 1 unspecified atom stereocenters. The number of benzene rings is 1. The molecule has 2 fully saturated rings. The van der Waals surface area contributed by atoms with E-state index in [-0.39, 0.29) is 11.8 Å². The average Bonchev–Trinajstić information content (AvgIpc) is 2.89. The van der Waals surface area contributed by atoms with Crippen LogP contribution in [-0.2, 0) is 9.53 Å². The van der Waals surface area contributed by atoms with Gasteiger partial charge in [-0.05, 0) is 36.8 Å². The molecule has 0 bridgehead atoms. The number of hydrogen-bond acceptors (Lipinski definition) is 5. The Morgan fingerprint density at radius 3 is 2.47 bits per heavy atom. The number of amides is 2. The highest BCUT2D eigenvalue weighted by atomic mass is 32.2. The van der Waals surface area contributed by atoms with Gasteiger partial charge in [-0.3, -0.25) is 14.5 Å². The molecular weight excluding hydrogens is 446 g/mol. The number of nitrogens with one attached hydrogen (secondary N) is 2. The predicted octanol–water partition coefficient (Wildman–Crippen LogP) is 4.34. The summed E-state index contributed by atoms with van der Waals surface area (Å²) < 4.78 is 5.54. The topological polar surface area (TPSA) is 70.7 Å². The van der Waals surface area contributed by atoms with Crippen LogP contribution in [0, 0.1) is 11.8 Å². The van der Waals surface area contributed by atoms with Crippen molar-refractivity contribution in [3.8, 4) is 0 Å². The fourth-order valence-corrected chi connectivity index (χ4v) is 6.13. The van der Waals surface area contributed by atoms with Crippen LogP contribution >= 0.6 is 11.8 Å². The highest BCUT2D eigenvalue weighted by molar-refractivity contribution is 8.00. The van der Waals surface area contributed by atoms with E-state index in [4.69, 9.17) is 4.74 Å². The Balaban J connectivity index is 1.53. The lowest BCUT2D eigenvalue weighted by Crippen LogP contribution is -2.52. The molecule has 1 atom stereocenters. The zero-order valence-corrected chi connectivity index (χ0v) is 21.8. The number of carbonyl (C=O) groups is 2. The molecule has 7 heteroatoms. The van der Waals surface area contributed by atoms with Crippen molar-refractivity contribution in [1.29, 1.82) is 0 Å². The quantitative estimate of drug-likeness (QED) is 0.428. The second kappa shape index (κ2) is 14.7. The summed E-state index contributed by atoms with van der Waals surface area (Å²) in [5, 5.41) is 6.30. The molecule has 1 saturated heterocycles. The number of thioether (sulfide) groups is 1. The fourth-order valence-electron chi connectivity index (χ4n) is 5.25. The molecule has 1 aromatic carbocycles. The van der Waals surface area contributed by atoms with Crippen LogP contribution in [0.3, 0.4) is 0 Å². The van der Waals surface area contributed by atoms with Crippen molar-refractivity contribution >= 4 is 23.6 Å². The molecule has 1 saturated carbocycles. The zero-order chi connectivity index (χ0) is 24.2. The van der Waals surface area contributed by atoms with E-state index in [1.165, 1.54) is 43.9 Å². The smallest absolute Gasteiger partial charge is 0.252 e. The molecule has 2 N–H and O–H groups in total. The lowest BCUT2D eigenvalue weighted by atomic mass is 9.89. The van der Waals surface area contributed by atoms with Crippen molar-refractivity contribution in [3.63, 3.8) is 0 Å². The van der Waals surface area contributed by atoms with Crippen molar-refractivity contribution < 1.29 is 14.3 Å². The average molecular weight is 490 g/mol. The Morgan fingerprint density at radius 2 is 1.76 bits per heavy atom. The minimum absolute atomic E-state index is 0.0481. The van der Waals surface area contributed by atoms with Crippen LogP contribution in [0.15, 0.2) is 29.2 Å². The molecule has 1 aliphatic carbocycles. The molecule has 2 aliphatic rings. The molecule has 34 heavy (non-hydrogen) atoms. The minimum atomic E-state index is -0.0603. The number of hydrogen-bond donors (Lipinski definition) is 2. The normalized spacial score (nSPS) is 18.6. The van der Waals surface area contributed by atoms with E-state index in [9.17, 15) is 9.59 Å². The van der Waals surface area contributed by atoms with Crippen LogP contribution < -0.4 is 10.6 Å². The van der Waals surface area contributed by atoms with E-state index in [1.54, 1.807) is 0 Å². The third kappa shape index (κ3) is 8.28. The Morgan fingerprint density at radius 1 is 1.06 bits per heavy atom. The summed E-state index contributed by atoms with van der Waals surface area (Å²) >= 11 is 1.45. The van der Waals surface area contributed by atoms with Crippen molar-refractivity contribution in [1.82, 2.24) is 15.5 Å². The van der Waals surface area contributed by atoms with Crippen molar-refractivity contribution in [2.24, 2.45) is 11.8 Å². The van der Waals surface area contributed by atoms with Crippen LogP contribution in [0.1, 0.15) is 69.2 Å². The van der Waals surface area contributed by atoms with Crippen molar-refractivity contribution in [3.05, 3.63) is 29.8 Å². The highest BCUT2D eigenvalue weighted by Crippen LogP contribution is 2.25. The van der Waals surface area contributed by atoms with Gasteiger partial charge in [-0.2, -0.15) is 0 Å². The molecule has 1 aromatic rings. The Labute approximate surface area is 210 Å². The monoisotopic (exact) mass is 489 g/mol. The van der Waals surface area contributed by atoms with E-state index in [0.717, 1.165) is 50.6 Å². The van der Waals surface area contributed by atoms with Gasteiger partial charge in [-0.25, -0.2) is 0 Å². The van der Waals surface area contributed by atoms with Gasteiger partial charge < -0.3 is 15.4 Å². The van der Waals surface area contributed by atoms with Gasteiger partial charge in [-0.1, -0.05) is 58.1 Å². The number of nitrogens with zero attached hydrogens (tertiary/aromatic N) is 1. The summed E-state index contributed by atoms with van der Waals surface area (Å²) in [5.74, 6) is 1.48. The first-order chi connectivity index (χ1) is 16.6. The maximum Gasteiger partial charge on any atom is 0.252 e. The molecule has 0 radical (unpaired) electrons. The van der Waals surface area contributed by atoms with Crippen molar-refractivity contribution in [2.75, 3.05) is 45.1 Å². The van der Waals surface area contributed by atoms with E-state index in [1.807, 2.05) is 24.3 Å². The maximum atomic E-state index is 13.2. The largest absolute Gasteiger partial charge is 0.379 e. The molecule has 1 heterocycles. The highest BCUT2D eigenvalue weighted by Gasteiger charge is 2.27. The number of carbonyl (C=O) groups excluding carboxylic acids is 2. The molecular formula is C27H43N3O3S. The summed E-state index contributed by atoms with van der Waals surface area (Å²) in [7, 11) is 0. The summed E-state index contributed by atoms with van der Waals surface area (Å²) in [5.41, 5.74) is 0.651. The third-order valence-corrected chi connectivity index (χ3v) is 8.46. The summed E-state index contributed by atoms with van der Waals surface area (Å²) in [6.45, 7) is 9.22. The lowest BCUT2D eigenvalue weighted by molar-refractivity contribution is -0.118. The van der Waals surface area contributed by atoms with Crippen LogP contribution in [-0.4, -0.2) is 67.9 Å². The summed E-state index contributed by atoms with van der Waals surface area (Å²) in [6.07, 6.45) is 8.51. The van der Waals surface area contributed by atoms with E-state index < -0.39 is 0 Å². The van der Waals surface area contributed by atoms with Crippen LogP contribution in [0.25, 0.3) is 0 Å². The first kappa shape index (κ1) is 27.0. The second-order valence-corrected chi connectivity index (χ2v) is 10.6. The minimum Gasteiger partial charge on any atom is -0.379 e. The van der Waals surface area contributed by atoms with Gasteiger partial charge in [0, 0.05) is 37.1 Å². The van der Waals surface area contributed by atoms with Gasteiger partial charge in [0.2, 0.25) is 5.91 Å². The summed E-state index contributed by atoms with van der Waals surface area (Å²) in [6, 6.07) is 7.93. The predicted molar refractivity (Wildman–Crippen MR) is 139 cm³/mol. The Bertz CT molecular complexity index is 759. The fraction of sp³-hybridized carbons (Fsp3) is 0.704. The Kier molecular flexibility index (Phi) is 11.7. The maximum absolute atomic E-state index is 13.2. The van der Waals surface area contributed by atoms with E-state index >= 15 is 0 Å². The molecule has 3 rings (SSSR count). The van der Waals surface area contributed by atoms with Crippen LogP contribution in [0.4, 0.5) is 0 Å². The van der Waals surface area contributed by atoms with Gasteiger partial charge in [0.25, 0.3) is 5.91 Å². The van der Waals surface area contributed by atoms with E-state index in [0.29, 0.717) is 35.7 Å². The standard InChI is InChI=1S/C27H43N3O3S/c1-3-22(4-2)24(30-14-16-33-17-15-30)19-29-27(32)23-12-8-9-13-25(23)34-20-26(31)28-18-21-10-6-5-7-11-21/h8-9,12-13,21-22,24H,3-7,10-11,14-20H2,1-2H3,(H,28,31)(H,29,32). The molecule has 0 aromatic heterocycles. The first-order valence-corrected chi connectivity index (χ1v) is 14.2. The zero-order valence-electron chi connectivity index (χ0n) is 21.0. The van der Waals surface area contributed by atoms with Gasteiger partial charge >= 0.3 is 0 Å². The molecule has 2 amide bonds. The van der Waals surface area contributed by atoms with Crippen LogP contribution in [0.2, 0.25) is 0 Å². The van der Waals surface area contributed by atoms with Gasteiger partial charge in [0.15, 0.2) is 0 Å². The van der Waals surface area contributed by atoms with Gasteiger partial charge in [0.05, 0.1) is 24.5 Å². The molecule has 190 valence electrons. The first-order valence-electron chi connectivity index (χ1n) is 13.2. The number of ether oxygens (including phenoxy) is 1. The third-order valence-electron chi connectivity index (χ3n) is 7.38. The number of morpholine rings is 1. The van der Waals surface area contributed by atoms with Crippen LogP contribution in [0.5, 0.6) is 0 Å². The summed E-state index contributed by atoms with van der Waals surface area (Å²) in [4.78, 5) is 28.9. The second-order valence-electron chi connectivity index (χ2n) is 9.60. The van der Waals surface area contributed by atoms with Gasteiger partial charge in [0.1, 0.15) is 0 Å². The molecule has 0 spiro atoms. The van der Waals surface area contributed by atoms with Gasteiger partial charge in [-0.15, -0.1) is 11.8 Å².